The van der Waals surface area contributed by atoms with Crippen LogP contribution in [0, 0.1) is 17.6 Å². The average molecular weight is 277 g/mol. The molecule has 0 N–H and O–H groups in total. The Balaban J connectivity index is 2.23. The van der Waals surface area contributed by atoms with E-state index in [-0.39, 0.29) is 16.6 Å². The predicted molar refractivity (Wildman–Crippen MR) is 57.0 cm³/mol. The maximum absolute atomic E-state index is 13.4. The van der Waals surface area contributed by atoms with Crippen LogP contribution in [0.2, 0.25) is 0 Å². The average Bonchev–Trinajstić information content (AvgIpc) is 2.74. The SMILES string of the molecule is Fc1ccc(F)c(C(Br)C2CCOC2)c1. The van der Waals surface area contributed by atoms with E-state index in [2.05, 4.69) is 15.9 Å². The third-order valence-corrected chi connectivity index (χ3v) is 3.87. The van der Waals surface area contributed by atoms with Crippen LogP contribution in [0.4, 0.5) is 8.78 Å². The minimum absolute atomic E-state index is 0.171. The molecule has 1 heterocycles. The molecule has 0 bridgehead atoms. The van der Waals surface area contributed by atoms with Crippen LogP contribution in [0.15, 0.2) is 18.2 Å². The molecule has 2 atom stereocenters. The number of rotatable bonds is 2. The number of hydrogen-bond acceptors (Lipinski definition) is 1. The van der Waals surface area contributed by atoms with Gasteiger partial charge in [0, 0.05) is 22.9 Å². The highest BCUT2D eigenvalue weighted by Crippen LogP contribution is 2.37. The van der Waals surface area contributed by atoms with Gasteiger partial charge in [-0.25, -0.2) is 8.78 Å². The molecule has 0 spiro atoms. The Morgan fingerprint density at radius 1 is 1.40 bits per heavy atom. The first-order valence-corrected chi connectivity index (χ1v) is 5.77. The van der Waals surface area contributed by atoms with E-state index in [9.17, 15) is 8.78 Å². The smallest absolute Gasteiger partial charge is 0.127 e. The Morgan fingerprint density at radius 2 is 2.20 bits per heavy atom. The Labute approximate surface area is 95.6 Å². The van der Waals surface area contributed by atoms with Gasteiger partial charge in [-0.3, -0.25) is 0 Å². The fraction of sp³-hybridized carbons (Fsp3) is 0.455. The fourth-order valence-electron chi connectivity index (χ4n) is 1.76. The Kier molecular flexibility index (Phi) is 3.36. The number of benzene rings is 1. The van der Waals surface area contributed by atoms with Crippen LogP contribution in [-0.2, 0) is 4.74 Å². The number of halogens is 3. The highest BCUT2D eigenvalue weighted by Gasteiger charge is 2.27. The van der Waals surface area contributed by atoms with E-state index in [4.69, 9.17) is 4.74 Å². The van der Waals surface area contributed by atoms with Gasteiger partial charge in [0.05, 0.1) is 6.61 Å². The lowest BCUT2D eigenvalue weighted by atomic mass is 9.98. The summed E-state index contributed by atoms with van der Waals surface area (Å²) in [7, 11) is 0. The van der Waals surface area contributed by atoms with E-state index < -0.39 is 5.82 Å². The van der Waals surface area contributed by atoms with Crippen molar-refractivity contribution in [2.75, 3.05) is 13.2 Å². The van der Waals surface area contributed by atoms with Gasteiger partial charge in [0.2, 0.25) is 0 Å². The molecule has 15 heavy (non-hydrogen) atoms. The van der Waals surface area contributed by atoms with Crippen molar-refractivity contribution in [2.45, 2.75) is 11.2 Å². The summed E-state index contributed by atoms with van der Waals surface area (Å²) in [5.41, 5.74) is 0.380. The summed E-state index contributed by atoms with van der Waals surface area (Å²) in [6.07, 6.45) is 0.881. The third-order valence-electron chi connectivity index (χ3n) is 2.63. The molecule has 2 unspecified atom stereocenters. The Bertz CT molecular complexity index is 350. The molecule has 1 fully saturated rings. The second-order valence-corrected chi connectivity index (χ2v) is 4.68. The molecule has 0 aliphatic carbocycles. The van der Waals surface area contributed by atoms with Gasteiger partial charge in [0.1, 0.15) is 11.6 Å². The number of alkyl halides is 1. The van der Waals surface area contributed by atoms with Crippen LogP contribution in [0.25, 0.3) is 0 Å². The minimum Gasteiger partial charge on any atom is -0.381 e. The molecule has 0 saturated carbocycles. The van der Waals surface area contributed by atoms with Gasteiger partial charge in [-0.05, 0) is 24.6 Å². The van der Waals surface area contributed by atoms with Crippen LogP contribution in [-0.4, -0.2) is 13.2 Å². The lowest BCUT2D eigenvalue weighted by Crippen LogP contribution is -2.09. The normalized spacial score (nSPS) is 23.0. The van der Waals surface area contributed by atoms with Gasteiger partial charge in [-0.15, -0.1) is 0 Å². The molecule has 4 heteroatoms. The molecule has 0 aromatic heterocycles. The second-order valence-electron chi connectivity index (χ2n) is 3.69. The summed E-state index contributed by atoms with van der Waals surface area (Å²) in [5.74, 6) is -0.554. The maximum Gasteiger partial charge on any atom is 0.127 e. The van der Waals surface area contributed by atoms with Crippen molar-refractivity contribution in [3.8, 4) is 0 Å². The molecule has 82 valence electrons. The van der Waals surface area contributed by atoms with Crippen molar-refractivity contribution in [1.29, 1.82) is 0 Å². The molecule has 1 aromatic carbocycles. The molecular formula is C11H11BrF2O. The van der Waals surface area contributed by atoms with Gasteiger partial charge in [0.25, 0.3) is 0 Å². The molecule has 1 nitrogen and oxygen atoms in total. The summed E-state index contributed by atoms with van der Waals surface area (Å²) in [6.45, 7) is 1.30. The van der Waals surface area contributed by atoms with E-state index in [1.165, 1.54) is 6.07 Å². The van der Waals surface area contributed by atoms with Gasteiger partial charge < -0.3 is 4.74 Å². The molecular weight excluding hydrogens is 266 g/mol. The molecule has 1 aromatic rings. The molecule has 1 saturated heterocycles. The summed E-state index contributed by atoms with van der Waals surface area (Å²) in [4.78, 5) is -0.171. The lowest BCUT2D eigenvalue weighted by molar-refractivity contribution is 0.185. The van der Waals surface area contributed by atoms with Crippen LogP contribution >= 0.6 is 15.9 Å². The lowest BCUT2D eigenvalue weighted by Gasteiger charge is -2.16. The first-order valence-electron chi connectivity index (χ1n) is 4.85. The van der Waals surface area contributed by atoms with Gasteiger partial charge in [0.15, 0.2) is 0 Å². The van der Waals surface area contributed by atoms with Crippen molar-refractivity contribution >= 4 is 15.9 Å². The molecule has 0 radical (unpaired) electrons. The largest absolute Gasteiger partial charge is 0.381 e. The summed E-state index contributed by atoms with van der Waals surface area (Å²) in [5, 5.41) is 0. The van der Waals surface area contributed by atoms with Crippen LogP contribution < -0.4 is 0 Å². The zero-order valence-electron chi connectivity index (χ0n) is 8.05. The summed E-state index contributed by atoms with van der Waals surface area (Å²) in [6, 6.07) is 3.53. The number of hydrogen-bond donors (Lipinski definition) is 0. The molecule has 1 aliphatic rings. The predicted octanol–water partition coefficient (Wildman–Crippen LogP) is 3.44. The van der Waals surface area contributed by atoms with Gasteiger partial charge in [-0.2, -0.15) is 0 Å². The second kappa shape index (κ2) is 4.58. The van der Waals surface area contributed by atoms with Crippen molar-refractivity contribution in [1.82, 2.24) is 0 Å². The number of ether oxygens (including phenoxy) is 1. The standard InChI is InChI=1S/C11H11BrF2O/c12-11(7-3-4-15-6-7)9-5-8(13)1-2-10(9)14/h1-2,5,7,11H,3-4,6H2. The van der Waals surface area contributed by atoms with E-state index in [0.29, 0.717) is 18.8 Å². The van der Waals surface area contributed by atoms with Crippen LogP contribution in [0.5, 0.6) is 0 Å². The van der Waals surface area contributed by atoms with E-state index >= 15 is 0 Å². The highest BCUT2D eigenvalue weighted by molar-refractivity contribution is 9.09. The van der Waals surface area contributed by atoms with Crippen molar-refractivity contribution in [2.24, 2.45) is 5.92 Å². The Hall–Kier alpha value is -0.480. The van der Waals surface area contributed by atoms with E-state index in [1.807, 2.05) is 0 Å². The van der Waals surface area contributed by atoms with E-state index in [1.54, 1.807) is 0 Å². The van der Waals surface area contributed by atoms with Crippen molar-refractivity contribution in [3.05, 3.63) is 35.4 Å². The first kappa shape index (κ1) is 11.0. The van der Waals surface area contributed by atoms with Gasteiger partial charge >= 0.3 is 0 Å². The summed E-state index contributed by atoms with van der Waals surface area (Å²) < 4.78 is 31.6. The molecule has 1 aliphatic heterocycles. The quantitative estimate of drug-likeness (QED) is 0.752. The van der Waals surface area contributed by atoms with Gasteiger partial charge in [-0.1, -0.05) is 15.9 Å². The van der Waals surface area contributed by atoms with E-state index in [0.717, 1.165) is 18.6 Å². The molecule has 0 amide bonds. The van der Waals surface area contributed by atoms with Crippen LogP contribution in [0.3, 0.4) is 0 Å². The summed E-state index contributed by atoms with van der Waals surface area (Å²) >= 11 is 3.41. The topological polar surface area (TPSA) is 9.23 Å². The van der Waals surface area contributed by atoms with Crippen LogP contribution in [0.1, 0.15) is 16.8 Å². The Morgan fingerprint density at radius 3 is 2.87 bits per heavy atom. The van der Waals surface area contributed by atoms with Crippen molar-refractivity contribution in [3.63, 3.8) is 0 Å². The molecule has 2 rings (SSSR count). The maximum atomic E-state index is 13.4. The first-order chi connectivity index (χ1) is 7.18. The van der Waals surface area contributed by atoms with Crippen molar-refractivity contribution < 1.29 is 13.5 Å². The highest BCUT2D eigenvalue weighted by atomic mass is 79.9. The fourth-order valence-corrected chi connectivity index (χ4v) is 2.53. The monoisotopic (exact) mass is 276 g/mol. The zero-order chi connectivity index (χ0) is 10.8. The minimum atomic E-state index is -0.408. The third kappa shape index (κ3) is 2.37. The zero-order valence-corrected chi connectivity index (χ0v) is 9.64.